The zero-order valence-electron chi connectivity index (χ0n) is 11.6. The molecule has 0 radical (unpaired) electrons. The Balaban J connectivity index is 1.68. The molecule has 1 saturated carbocycles. The van der Waals surface area contributed by atoms with Crippen molar-refractivity contribution in [3.05, 3.63) is 17.3 Å². The van der Waals surface area contributed by atoms with Gasteiger partial charge in [-0.05, 0) is 25.8 Å². The molecular weight excluding hydrogens is 272 g/mol. The fourth-order valence-corrected chi connectivity index (χ4v) is 4.54. The highest BCUT2D eigenvalue weighted by Gasteiger charge is 2.43. The van der Waals surface area contributed by atoms with Crippen LogP contribution in [0.15, 0.2) is 11.6 Å². The molecule has 2 aliphatic rings. The molecule has 2 aromatic heterocycles. The van der Waals surface area contributed by atoms with Crippen molar-refractivity contribution in [2.75, 3.05) is 25.0 Å². The number of nitrogens with zero attached hydrogens (tertiary/aromatic N) is 3. The summed E-state index contributed by atoms with van der Waals surface area (Å²) in [4.78, 5) is 8.25. The van der Waals surface area contributed by atoms with Gasteiger partial charge in [-0.2, -0.15) is 0 Å². The normalized spacial score (nSPS) is 29.5. The fraction of sp³-hybridized carbons (Fsp3) is 0.643. The molecule has 3 heterocycles. The highest BCUT2D eigenvalue weighted by atomic mass is 32.1. The van der Waals surface area contributed by atoms with Crippen LogP contribution in [0.1, 0.15) is 18.5 Å². The Morgan fingerprint density at radius 3 is 3.15 bits per heavy atom. The maximum absolute atomic E-state index is 10.1. The summed E-state index contributed by atoms with van der Waals surface area (Å²) in [6.45, 7) is 2.82. The van der Waals surface area contributed by atoms with Crippen LogP contribution in [0, 0.1) is 11.8 Å². The zero-order chi connectivity index (χ0) is 13.7. The molecule has 3 unspecified atom stereocenters. The third-order valence-corrected chi connectivity index (χ3v) is 5.56. The predicted octanol–water partition coefficient (Wildman–Crippen LogP) is 1.32. The quantitative estimate of drug-likeness (QED) is 0.896. The lowest BCUT2D eigenvalue weighted by Crippen LogP contribution is -2.26. The van der Waals surface area contributed by atoms with Gasteiger partial charge < -0.3 is 15.3 Å². The van der Waals surface area contributed by atoms with Crippen molar-refractivity contribution in [2.24, 2.45) is 11.8 Å². The first-order valence-electron chi connectivity index (χ1n) is 7.30. The SMILES string of the molecule is CNCc1c(N2CC3CCC(O)C3C2)nc2sccn12. The van der Waals surface area contributed by atoms with Crippen LogP contribution in [0.4, 0.5) is 5.82 Å². The first kappa shape index (κ1) is 12.6. The molecule has 1 aliphatic carbocycles. The summed E-state index contributed by atoms with van der Waals surface area (Å²) in [7, 11) is 1.97. The molecule has 3 atom stereocenters. The second-order valence-corrected chi connectivity index (χ2v) is 6.81. The molecule has 1 aliphatic heterocycles. The van der Waals surface area contributed by atoms with Crippen molar-refractivity contribution < 1.29 is 5.11 Å². The average Bonchev–Trinajstić information content (AvgIpc) is 3.13. The van der Waals surface area contributed by atoms with Crippen LogP contribution >= 0.6 is 11.3 Å². The Morgan fingerprint density at radius 1 is 1.45 bits per heavy atom. The molecule has 0 spiro atoms. The van der Waals surface area contributed by atoms with E-state index >= 15 is 0 Å². The number of hydrogen-bond acceptors (Lipinski definition) is 5. The lowest BCUT2D eigenvalue weighted by molar-refractivity contribution is 0.133. The Labute approximate surface area is 122 Å². The van der Waals surface area contributed by atoms with E-state index in [1.165, 1.54) is 5.69 Å². The van der Waals surface area contributed by atoms with Gasteiger partial charge in [0, 0.05) is 37.1 Å². The van der Waals surface area contributed by atoms with Gasteiger partial charge in [0.15, 0.2) is 10.8 Å². The van der Waals surface area contributed by atoms with E-state index in [0.717, 1.165) is 43.3 Å². The minimum Gasteiger partial charge on any atom is -0.393 e. The lowest BCUT2D eigenvalue weighted by Gasteiger charge is -2.19. The molecule has 108 valence electrons. The Bertz CT molecular complexity index is 622. The van der Waals surface area contributed by atoms with E-state index in [9.17, 15) is 5.11 Å². The zero-order valence-corrected chi connectivity index (χ0v) is 12.4. The van der Waals surface area contributed by atoms with Crippen LogP contribution in [-0.4, -0.2) is 40.7 Å². The Morgan fingerprint density at radius 2 is 2.35 bits per heavy atom. The van der Waals surface area contributed by atoms with Gasteiger partial charge in [-0.3, -0.25) is 4.40 Å². The minimum atomic E-state index is -0.110. The number of aliphatic hydroxyl groups excluding tert-OH is 1. The highest BCUT2D eigenvalue weighted by Crippen LogP contribution is 2.40. The van der Waals surface area contributed by atoms with E-state index in [2.05, 4.69) is 26.2 Å². The number of hydrogen-bond donors (Lipinski definition) is 2. The summed E-state index contributed by atoms with van der Waals surface area (Å²) in [5.74, 6) is 2.19. The van der Waals surface area contributed by atoms with Crippen molar-refractivity contribution in [3.63, 3.8) is 0 Å². The van der Waals surface area contributed by atoms with Gasteiger partial charge in [-0.25, -0.2) is 4.98 Å². The van der Waals surface area contributed by atoms with E-state index in [4.69, 9.17) is 4.98 Å². The number of imidazole rings is 1. The number of aliphatic hydroxyl groups is 1. The van der Waals surface area contributed by atoms with E-state index in [1.807, 2.05) is 7.05 Å². The van der Waals surface area contributed by atoms with Crippen molar-refractivity contribution >= 4 is 22.1 Å². The van der Waals surface area contributed by atoms with Crippen molar-refractivity contribution in [3.8, 4) is 0 Å². The lowest BCUT2D eigenvalue weighted by atomic mass is 10.00. The molecule has 0 bridgehead atoms. The average molecular weight is 292 g/mol. The van der Waals surface area contributed by atoms with Crippen LogP contribution in [0.2, 0.25) is 0 Å². The molecule has 4 rings (SSSR count). The van der Waals surface area contributed by atoms with Crippen molar-refractivity contribution in [1.29, 1.82) is 0 Å². The second-order valence-electron chi connectivity index (χ2n) is 5.94. The van der Waals surface area contributed by atoms with Crippen molar-refractivity contribution in [1.82, 2.24) is 14.7 Å². The Kier molecular flexibility index (Phi) is 2.98. The highest BCUT2D eigenvalue weighted by molar-refractivity contribution is 7.15. The molecule has 0 aromatic carbocycles. The number of nitrogens with one attached hydrogen (secondary N) is 1. The fourth-order valence-electron chi connectivity index (χ4n) is 3.82. The molecule has 20 heavy (non-hydrogen) atoms. The standard InChI is InChI=1S/C14H20N4OS/c1-15-6-11-13(16-14-18(11)4-5-20-14)17-7-9-2-3-12(19)10(9)8-17/h4-5,9-10,12,15,19H,2-3,6-8H2,1H3. The van der Waals surface area contributed by atoms with Gasteiger partial charge in [0.25, 0.3) is 0 Å². The molecule has 2 fully saturated rings. The smallest absolute Gasteiger partial charge is 0.195 e. The van der Waals surface area contributed by atoms with E-state index in [-0.39, 0.29) is 6.10 Å². The number of aromatic nitrogens is 2. The maximum atomic E-state index is 10.1. The molecule has 2 aromatic rings. The molecule has 0 amide bonds. The summed E-state index contributed by atoms with van der Waals surface area (Å²) in [6, 6.07) is 0. The van der Waals surface area contributed by atoms with Crippen molar-refractivity contribution in [2.45, 2.75) is 25.5 Å². The molecular formula is C14H20N4OS. The second kappa shape index (κ2) is 4.72. The number of anilines is 1. The van der Waals surface area contributed by atoms with Crippen LogP contribution < -0.4 is 10.2 Å². The number of fused-ring (bicyclic) bond motifs is 2. The Hall–Kier alpha value is -1.11. The van der Waals surface area contributed by atoms with Crippen LogP contribution in [0.25, 0.3) is 4.96 Å². The van der Waals surface area contributed by atoms with E-state index < -0.39 is 0 Å². The summed E-state index contributed by atoms with van der Waals surface area (Å²) >= 11 is 1.68. The van der Waals surface area contributed by atoms with Gasteiger partial charge >= 0.3 is 0 Å². The van der Waals surface area contributed by atoms with E-state index in [1.54, 1.807) is 11.3 Å². The summed E-state index contributed by atoms with van der Waals surface area (Å²) < 4.78 is 2.18. The number of rotatable bonds is 3. The van der Waals surface area contributed by atoms with Gasteiger partial charge in [0.1, 0.15) is 0 Å². The van der Waals surface area contributed by atoms with Gasteiger partial charge in [0.2, 0.25) is 0 Å². The minimum absolute atomic E-state index is 0.110. The van der Waals surface area contributed by atoms with Gasteiger partial charge in [-0.15, -0.1) is 11.3 Å². The maximum Gasteiger partial charge on any atom is 0.195 e. The van der Waals surface area contributed by atoms with Gasteiger partial charge in [0.05, 0.1) is 11.8 Å². The van der Waals surface area contributed by atoms with Crippen LogP contribution in [-0.2, 0) is 6.54 Å². The molecule has 2 N–H and O–H groups in total. The topological polar surface area (TPSA) is 52.8 Å². The van der Waals surface area contributed by atoms with Crippen LogP contribution in [0.3, 0.4) is 0 Å². The van der Waals surface area contributed by atoms with Crippen LogP contribution in [0.5, 0.6) is 0 Å². The predicted molar refractivity (Wildman–Crippen MR) is 80.3 cm³/mol. The molecule has 1 saturated heterocycles. The summed E-state index contributed by atoms with van der Waals surface area (Å²) in [5, 5.41) is 15.4. The summed E-state index contributed by atoms with van der Waals surface area (Å²) in [6.07, 6.45) is 4.12. The van der Waals surface area contributed by atoms with E-state index in [0.29, 0.717) is 11.8 Å². The third-order valence-electron chi connectivity index (χ3n) is 4.80. The first-order chi connectivity index (χ1) is 9.78. The first-order valence-corrected chi connectivity index (χ1v) is 8.18. The number of thiazole rings is 1. The monoisotopic (exact) mass is 292 g/mol. The largest absolute Gasteiger partial charge is 0.393 e. The third kappa shape index (κ3) is 1.78. The molecule has 5 nitrogen and oxygen atoms in total. The van der Waals surface area contributed by atoms with Gasteiger partial charge in [-0.1, -0.05) is 0 Å². The molecule has 6 heteroatoms. The summed E-state index contributed by atoms with van der Waals surface area (Å²) in [5.41, 5.74) is 1.23.